The Bertz CT molecular complexity index is 1330. The van der Waals surface area contributed by atoms with Gasteiger partial charge < -0.3 is 14.6 Å². The molecular formula is C28H30N6O. The molecule has 35 heavy (non-hydrogen) atoms. The predicted molar refractivity (Wildman–Crippen MR) is 138 cm³/mol. The maximum absolute atomic E-state index is 11.6. The van der Waals surface area contributed by atoms with Crippen LogP contribution in [0, 0.1) is 6.92 Å². The van der Waals surface area contributed by atoms with Crippen LogP contribution in [0.1, 0.15) is 17.8 Å². The minimum Gasteiger partial charge on any atom is -0.356 e. The molecule has 2 aromatic carbocycles. The van der Waals surface area contributed by atoms with Crippen molar-refractivity contribution in [3.8, 4) is 11.1 Å². The van der Waals surface area contributed by atoms with E-state index in [-0.39, 0.29) is 6.04 Å². The lowest BCUT2D eigenvalue weighted by Crippen LogP contribution is -2.48. The quantitative estimate of drug-likeness (QED) is 0.473. The number of nitrogens with zero attached hydrogens (tertiary/aromatic N) is 6. The Morgan fingerprint density at radius 1 is 0.971 bits per heavy atom. The summed E-state index contributed by atoms with van der Waals surface area (Å²) in [6.45, 7) is 4.77. The van der Waals surface area contributed by atoms with E-state index in [1.54, 1.807) is 0 Å². The van der Waals surface area contributed by atoms with Crippen molar-refractivity contribution < 1.29 is 5.11 Å². The average molecular weight is 467 g/mol. The smallest absolute Gasteiger partial charge is 0.213 e. The first-order valence-corrected chi connectivity index (χ1v) is 12.2. The van der Waals surface area contributed by atoms with E-state index in [9.17, 15) is 5.11 Å². The fourth-order valence-corrected chi connectivity index (χ4v) is 5.40. The maximum Gasteiger partial charge on any atom is 0.213 e. The summed E-state index contributed by atoms with van der Waals surface area (Å²) in [4.78, 5) is 15.7. The van der Waals surface area contributed by atoms with Crippen molar-refractivity contribution >= 4 is 17.2 Å². The molecule has 0 aliphatic carbocycles. The van der Waals surface area contributed by atoms with Gasteiger partial charge in [-0.25, -0.2) is 9.97 Å². The zero-order chi connectivity index (χ0) is 23.9. The molecule has 1 fully saturated rings. The Morgan fingerprint density at radius 2 is 1.80 bits per heavy atom. The molecule has 0 bridgehead atoms. The fourth-order valence-electron chi connectivity index (χ4n) is 5.40. The second-order valence-electron chi connectivity index (χ2n) is 9.46. The monoisotopic (exact) mass is 466 g/mol. The first-order valence-electron chi connectivity index (χ1n) is 12.2. The van der Waals surface area contributed by atoms with E-state index in [1.807, 2.05) is 42.7 Å². The van der Waals surface area contributed by atoms with Crippen LogP contribution in [0.5, 0.6) is 0 Å². The molecule has 7 nitrogen and oxygen atoms in total. The van der Waals surface area contributed by atoms with Crippen LogP contribution in [0.2, 0.25) is 0 Å². The normalized spacial score (nSPS) is 20.0. The van der Waals surface area contributed by atoms with Gasteiger partial charge >= 0.3 is 0 Å². The number of pyridine rings is 1. The molecule has 178 valence electrons. The van der Waals surface area contributed by atoms with E-state index in [0.29, 0.717) is 0 Å². The Labute approximate surface area is 205 Å². The van der Waals surface area contributed by atoms with Crippen molar-refractivity contribution in [1.29, 1.82) is 0 Å². The molecule has 4 heterocycles. The molecule has 0 saturated carbocycles. The number of hydrogen-bond acceptors (Lipinski definition) is 6. The van der Waals surface area contributed by atoms with Gasteiger partial charge in [0.2, 0.25) is 6.35 Å². The van der Waals surface area contributed by atoms with Crippen molar-refractivity contribution in [1.82, 2.24) is 19.4 Å². The summed E-state index contributed by atoms with van der Waals surface area (Å²) in [5, 5.41) is 11.6. The number of aliphatic hydroxyl groups is 1. The van der Waals surface area contributed by atoms with Gasteiger partial charge in [0.15, 0.2) is 5.82 Å². The van der Waals surface area contributed by atoms with Gasteiger partial charge in [0.25, 0.3) is 0 Å². The number of hydrogen-bond donors (Lipinski definition) is 1. The lowest BCUT2D eigenvalue weighted by Gasteiger charge is -2.32. The largest absolute Gasteiger partial charge is 0.356 e. The van der Waals surface area contributed by atoms with Crippen molar-refractivity contribution in [2.45, 2.75) is 32.3 Å². The van der Waals surface area contributed by atoms with Gasteiger partial charge in [0, 0.05) is 50.5 Å². The van der Waals surface area contributed by atoms with Crippen molar-refractivity contribution in [3.63, 3.8) is 0 Å². The summed E-state index contributed by atoms with van der Waals surface area (Å²) >= 11 is 0. The first-order chi connectivity index (χ1) is 17.1. The fraction of sp³-hybridized carbons (Fsp3) is 0.286. The number of likely N-dealkylation sites (tertiary alicyclic amines) is 1. The zero-order valence-electron chi connectivity index (χ0n) is 20.1. The number of fused-ring (bicyclic) bond motifs is 1. The van der Waals surface area contributed by atoms with E-state index in [2.05, 4.69) is 74.8 Å². The third-order valence-corrected chi connectivity index (χ3v) is 7.28. The molecule has 2 atom stereocenters. The molecule has 0 amide bonds. The van der Waals surface area contributed by atoms with Crippen molar-refractivity contribution in [2.24, 2.45) is 7.05 Å². The summed E-state index contributed by atoms with van der Waals surface area (Å²) in [6.07, 6.45) is 5.80. The second kappa shape index (κ2) is 8.83. The predicted octanol–water partition coefficient (Wildman–Crippen LogP) is 4.30. The SMILES string of the molecule is Cc1ccccc1-c1ccc(N2c3cccnc3N([C@H]3CCN(Cc4nccn4C)C3)C2O)cc1. The minimum atomic E-state index is -0.803. The van der Waals surface area contributed by atoms with Gasteiger partial charge in [-0.15, -0.1) is 0 Å². The molecule has 1 saturated heterocycles. The number of aliphatic hydroxyl groups excluding tert-OH is 1. The Morgan fingerprint density at radius 3 is 2.57 bits per heavy atom. The van der Waals surface area contributed by atoms with E-state index < -0.39 is 6.35 Å². The third kappa shape index (κ3) is 3.87. The van der Waals surface area contributed by atoms with Crippen LogP contribution < -0.4 is 9.80 Å². The first kappa shape index (κ1) is 21.8. The third-order valence-electron chi connectivity index (χ3n) is 7.28. The van der Waals surface area contributed by atoms with Crippen LogP contribution in [0.25, 0.3) is 11.1 Å². The van der Waals surface area contributed by atoms with Gasteiger partial charge in [-0.05, 0) is 54.3 Å². The number of rotatable bonds is 5. The lowest BCUT2D eigenvalue weighted by molar-refractivity contribution is 0.170. The van der Waals surface area contributed by atoms with Crippen molar-refractivity contribution in [2.75, 3.05) is 22.9 Å². The molecule has 2 aromatic heterocycles. The molecule has 0 radical (unpaired) electrons. The molecule has 4 aromatic rings. The highest BCUT2D eigenvalue weighted by Gasteiger charge is 2.42. The highest BCUT2D eigenvalue weighted by Crippen LogP contribution is 2.44. The summed E-state index contributed by atoms with van der Waals surface area (Å²) in [5.74, 6) is 1.90. The van der Waals surface area contributed by atoms with Crippen LogP contribution in [0.4, 0.5) is 17.2 Å². The van der Waals surface area contributed by atoms with Gasteiger partial charge in [-0.3, -0.25) is 9.80 Å². The molecular weight excluding hydrogens is 436 g/mol. The average Bonchev–Trinajstić information content (AvgIpc) is 3.57. The van der Waals surface area contributed by atoms with E-state index in [0.717, 1.165) is 49.1 Å². The highest BCUT2D eigenvalue weighted by atomic mass is 16.3. The van der Waals surface area contributed by atoms with Crippen molar-refractivity contribution in [3.05, 3.63) is 90.6 Å². The van der Waals surface area contributed by atoms with Crippen LogP contribution in [0.3, 0.4) is 0 Å². The Kier molecular flexibility index (Phi) is 5.51. The number of anilines is 3. The summed E-state index contributed by atoms with van der Waals surface area (Å²) in [5.41, 5.74) is 5.53. The molecule has 1 N–H and O–H groups in total. The lowest BCUT2D eigenvalue weighted by atomic mass is 10.0. The van der Waals surface area contributed by atoms with E-state index in [1.165, 1.54) is 16.7 Å². The second-order valence-corrected chi connectivity index (χ2v) is 9.46. The number of aryl methyl sites for hydroxylation is 2. The van der Waals surface area contributed by atoms with Crippen LogP contribution in [-0.2, 0) is 13.6 Å². The molecule has 1 unspecified atom stereocenters. The Hall–Kier alpha value is -3.68. The Balaban J connectivity index is 1.26. The number of benzene rings is 2. The van der Waals surface area contributed by atoms with Gasteiger partial charge in [-0.1, -0.05) is 36.4 Å². The van der Waals surface area contributed by atoms with Crippen LogP contribution in [0.15, 0.2) is 79.3 Å². The standard InChI is InChI=1S/C28H30N6O/c1-20-6-3-4-7-24(20)21-9-11-22(12-10-21)33-25-8-5-14-30-27(25)34(28(33)35)23-13-16-32(18-23)19-26-29-15-17-31(26)2/h3-12,14-15,17,23,28,35H,13,16,18-19H2,1-2H3/t23-,28?/m0/s1. The zero-order valence-corrected chi connectivity index (χ0v) is 20.1. The van der Waals surface area contributed by atoms with E-state index in [4.69, 9.17) is 4.98 Å². The van der Waals surface area contributed by atoms with Gasteiger partial charge in [0.1, 0.15) is 5.82 Å². The molecule has 7 heteroatoms. The number of aromatic nitrogens is 3. The topological polar surface area (TPSA) is 60.7 Å². The molecule has 2 aliphatic rings. The molecule has 6 rings (SSSR count). The molecule has 0 spiro atoms. The van der Waals surface area contributed by atoms with E-state index >= 15 is 0 Å². The highest BCUT2D eigenvalue weighted by molar-refractivity contribution is 5.81. The van der Waals surface area contributed by atoms with Gasteiger partial charge in [0.05, 0.1) is 12.2 Å². The van der Waals surface area contributed by atoms with Crippen LogP contribution in [-0.4, -0.2) is 50.0 Å². The summed E-state index contributed by atoms with van der Waals surface area (Å²) in [7, 11) is 2.03. The molecule has 2 aliphatic heterocycles. The summed E-state index contributed by atoms with van der Waals surface area (Å²) < 4.78 is 2.07. The van der Waals surface area contributed by atoms with Crippen LogP contribution >= 0.6 is 0 Å². The minimum absolute atomic E-state index is 0.176. The number of imidazole rings is 1. The maximum atomic E-state index is 11.6. The van der Waals surface area contributed by atoms with Gasteiger partial charge in [-0.2, -0.15) is 0 Å². The summed E-state index contributed by atoms with van der Waals surface area (Å²) in [6, 6.07) is 21.0.